The van der Waals surface area contributed by atoms with Crippen LogP contribution in [0.5, 0.6) is 5.75 Å². The van der Waals surface area contributed by atoms with Crippen molar-refractivity contribution in [1.82, 2.24) is 0 Å². The molecule has 0 N–H and O–H groups in total. The molecule has 0 spiro atoms. The average Bonchev–Trinajstić information content (AvgIpc) is 2.82. The fraction of sp³-hybridized carbons (Fsp3) is 0.0769. The Morgan fingerprint density at radius 3 is 1.47 bits per heavy atom. The van der Waals surface area contributed by atoms with E-state index < -0.39 is 5.96 Å². The molecule has 152 valence electrons. The number of methoxy groups -OCH3 is 1. The van der Waals surface area contributed by atoms with Gasteiger partial charge in [-0.15, -0.1) is 0 Å². The molecular weight excluding hydrogens is 430 g/mol. The summed E-state index contributed by atoms with van der Waals surface area (Å²) in [6.07, 6.45) is 0.550. The van der Waals surface area contributed by atoms with E-state index in [-0.39, 0.29) is 0 Å². The van der Waals surface area contributed by atoms with Gasteiger partial charge in [0.2, 0.25) is 0 Å². The Hall–Kier alpha value is -2.31. The molecule has 0 aromatic heterocycles. The molecule has 0 unspecified atom stereocenters. The number of hydrogen-bond acceptors (Lipinski definition) is 1. The van der Waals surface area contributed by atoms with Gasteiger partial charge in [-0.2, -0.15) is 0 Å². The second-order valence-electron chi connectivity index (χ2n) is 7.27. The van der Waals surface area contributed by atoms with E-state index in [2.05, 4.69) is 72.8 Å². The van der Waals surface area contributed by atoms with Gasteiger partial charge < -0.3 is 0 Å². The van der Waals surface area contributed by atoms with Gasteiger partial charge in [0.15, 0.2) is 0 Å². The maximum atomic E-state index is 8.13. The third kappa shape index (κ3) is 3.42. The van der Waals surface area contributed by atoms with E-state index in [9.17, 15) is 0 Å². The molecular formula is C26H23Cl2OP. The molecule has 4 aromatic carbocycles. The van der Waals surface area contributed by atoms with Crippen molar-refractivity contribution < 1.29 is 4.74 Å². The topological polar surface area (TPSA) is 9.23 Å². The zero-order chi connectivity index (χ0) is 21.1. The first-order chi connectivity index (χ1) is 14.6. The van der Waals surface area contributed by atoms with E-state index in [0.29, 0.717) is 11.2 Å². The summed E-state index contributed by atoms with van der Waals surface area (Å²) in [6.45, 7) is 0. The van der Waals surface area contributed by atoms with Crippen molar-refractivity contribution in [1.29, 1.82) is 0 Å². The van der Waals surface area contributed by atoms with Crippen molar-refractivity contribution in [3.05, 3.63) is 120 Å². The zero-order valence-corrected chi connectivity index (χ0v) is 19.1. The van der Waals surface area contributed by atoms with E-state index in [1.54, 1.807) is 7.11 Å². The third-order valence-corrected chi connectivity index (χ3v) is 13.1. The maximum absolute atomic E-state index is 8.13. The van der Waals surface area contributed by atoms with E-state index >= 15 is 0 Å². The summed E-state index contributed by atoms with van der Waals surface area (Å²) in [7, 11) is 1.67. The summed E-state index contributed by atoms with van der Waals surface area (Å²) in [5.74, 6) is -2.71. The van der Waals surface area contributed by atoms with E-state index in [0.717, 1.165) is 27.2 Å². The molecule has 0 fully saturated rings. The Morgan fingerprint density at radius 2 is 1.07 bits per heavy atom. The van der Waals surface area contributed by atoms with Crippen LogP contribution in [0.2, 0.25) is 5.02 Å². The summed E-state index contributed by atoms with van der Waals surface area (Å²) in [5.41, 5.74) is 0.922. The van der Waals surface area contributed by atoms with Gasteiger partial charge in [-0.3, -0.25) is 0 Å². The molecule has 0 amide bonds. The minimum absolute atomic E-state index is 0.550. The van der Waals surface area contributed by atoms with Crippen molar-refractivity contribution in [2.75, 3.05) is 7.11 Å². The standard InChI is InChI=1S/C26H23Cl2OP/c1-29-26-19-11-18-25(27)24(26)20-30(28,21-12-5-2-6-13-21,22-14-7-3-8-15-22)23-16-9-4-10-17-23/h2-19H,20H2,1H3. The van der Waals surface area contributed by atoms with Gasteiger partial charge in [-0.25, -0.2) is 0 Å². The SMILES string of the molecule is COc1cccc(Cl)c1CP(Cl)(c1ccccc1)(c1ccccc1)c1ccccc1. The van der Waals surface area contributed by atoms with Crippen molar-refractivity contribution in [3.63, 3.8) is 0 Å². The molecule has 0 bridgehead atoms. The Kier molecular flexibility index (Phi) is 5.89. The van der Waals surface area contributed by atoms with Crippen molar-refractivity contribution in [3.8, 4) is 5.75 Å². The van der Waals surface area contributed by atoms with Crippen molar-refractivity contribution >= 4 is 44.7 Å². The van der Waals surface area contributed by atoms with Gasteiger partial charge in [0.05, 0.1) is 0 Å². The van der Waals surface area contributed by atoms with Crippen LogP contribution >= 0.6 is 28.8 Å². The van der Waals surface area contributed by atoms with Gasteiger partial charge in [0, 0.05) is 0 Å². The molecule has 0 aliphatic rings. The number of hydrogen-bond donors (Lipinski definition) is 0. The van der Waals surface area contributed by atoms with Crippen molar-refractivity contribution in [2.45, 2.75) is 6.16 Å². The summed E-state index contributed by atoms with van der Waals surface area (Å²) in [6, 6.07) is 36.9. The van der Waals surface area contributed by atoms with Crippen LogP contribution in [0.1, 0.15) is 5.56 Å². The Bertz CT molecular complexity index is 1030. The van der Waals surface area contributed by atoms with Crippen LogP contribution in [0.15, 0.2) is 109 Å². The van der Waals surface area contributed by atoms with E-state index in [1.165, 1.54) is 0 Å². The molecule has 0 aliphatic carbocycles. The van der Waals surface area contributed by atoms with Gasteiger partial charge in [-0.05, 0) is 0 Å². The molecule has 0 saturated carbocycles. The average molecular weight is 453 g/mol. The van der Waals surface area contributed by atoms with Gasteiger partial charge in [-0.1, -0.05) is 0 Å². The molecule has 0 saturated heterocycles. The molecule has 1 nitrogen and oxygen atoms in total. The molecule has 4 rings (SSSR count). The number of halogens is 2. The Morgan fingerprint density at radius 1 is 0.633 bits per heavy atom. The first-order valence-corrected chi connectivity index (χ1v) is 13.5. The zero-order valence-electron chi connectivity index (χ0n) is 16.7. The molecule has 0 radical (unpaired) electrons. The predicted octanol–water partition coefficient (Wildman–Crippen LogP) is 6.53. The second-order valence-corrected chi connectivity index (χ2v) is 14.1. The monoisotopic (exact) mass is 452 g/mol. The van der Waals surface area contributed by atoms with E-state index in [4.69, 9.17) is 27.6 Å². The Labute approximate surface area is 188 Å². The fourth-order valence-electron chi connectivity index (χ4n) is 4.12. The normalized spacial score (nSPS) is 12.7. The summed E-state index contributed by atoms with van der Waals surface area (Å²) in [5, 5.41) is 3.96. The molecule has 4 aromatic rings. The molecule has 30 heavy (non-hydrogen) atoms. The summed E-state index contributed by atoms with van der Waals surface area (Å²) in [4.78, 5) is 0. The third-order valence-electron chi connectivity index (χ3n) is 5.63. The number of rotatable bonds is 6. The second kappa shape index (κ2) is 8.44. The summed E-state index contributed by atoms with van der Waals surface area (Å²) < 4.78 is 5.70. The van der Waals surface area contributed by atoms with Crippen LogP contribution in [-0.2, 0) is 6.16 Å². The first kappa shape index (κ1) is 20.9. The Balaban J connectivity index is 2.13. The van der Waals surface area contributed by atoms with E-state index in [1.807, 2.05) is 36.4 Å². The fourth-order valence-corrected chi connectivity index (χ4v) is 10.6. The molecule has 4 heteroatoms. The summed E-state index contributed by atoms with van der Waals surface area (Å²) >= 11 is 14.8. The van der Waals surface area contributed by atoms with Crippen LogP contribution in [0, 0.1) is 0 Å². The number of ether oxygens (including phenoxy) is 1. The molecule has 0 heterocycles. The van der Waals surface area contributed by atoms with Gasteiger partial charge in [0.25, 0.3) is 0 Å². The van der Waals surface area contributed by atoms with Crippen LogP contribution in [0.4, 0.5) is 0 Å². The van der Waals surface area contributed by atoms with Crippen LogP contribution in [0.3, 0.4) is 0 Å². The molecule has 0 aliphatic heterocycles. The van der Waals surface area contributed by atoms with Crippen LogP contribution in [0.25, 0.3) is 0 Å². The van der Waals surface area contributed by atoms with Crippen LogP contribution < -0.4 is 20.7 Å². The minimum atomic E-state index is -3.46. The first-order valence-electron chi connectivity index (χ1n) is 9.79. The van der Waals surface area contributed by atoms with Gasteiger partial charge >= 0.3 is 188 Å². The molecule has 0 atom stereocenters. The van der Waals surface area contributed by atoms with Crippen molar-refractivity contribution in [2.24, 2.45) is 0 Å². The van der Waals surface area contributed by atoms with Gasteiger partial charge in [0.1, 0.15) is 0 Å². The van der Waals surface area contributed by atoms with Crippen LogP contribution in [-0.4, -0.2) is 7.11 Å². The predicted molar refractivity (Wildman–Crippen MR) is 133 cm³/mol. The number of benzene rings is 4. The quantitative estimate of drug-likeness (QED) is 0.302.